The maximum Gasteiger partial charge on any atom is 0.203 e. The molecule has 0 aliphatic carbocycles. The first kappa shape index (κ1) is 16.3. The highest BCUT2D eigenvalue weighted by atomic mass is 32.2. The minimum Gasteiger partial charge on any atom is -0.507 e. The molecular weight excluding hydrogens is 328 g/mol. The van der Waals surface area contributed by atoms with Gasteiger partial charge < -0.3 is 19.3 Å². The summed E-state index contributed by atoms with van der Waals surface area (Å²) >= 11 is 1.51. The summed E-state index contributed by atoms with van der Waals surface area (Å²) in [7, 11) is 4.74. The number of thioether (sulfide) groups is 1. The fourth-order valence-corrected chi connectivity index (χ4v) is 3.46. The number of phenolic OH excluding ortho intramolecular Hbond substituents is 1. The minimum absolute atomic E-state index is 0.117. The number of aromatic hydroxyl groups is 1. The van der Waals surface area contributed by atoms with E-state index in [1.807, 2.05) is 24.3 Å². The van der Waals surface area contributed by atoms with Gasteiger partial charge in [-0.3, -0.25) is 5.43 Å². The van der Waals surface area contributed by atoms with Crippen molar-refractivity contribution in [3.05, 3.63) is 47.5 Å². The third-order valence-corrected chi connectivity index (χ3v) is 4.78. The summed E-state index contributed by atoms with van der Waals surface area (Å²) in [5, 5.41) is 14.9. The van der Waals surface area contributed by atoms with Crippen LogP contribution in [0.1, 0.15) is 16.5 Å². The Morgan fingerprint density at radius 3 is 2.29 bits per heavy atom. The molecular formula is C17H18N2O4S. The van der Waals surface area contributed by atoms with Gasteiger partial charge in [0.2, 0.25) is 5.75 Å². The maximum atomic E-state index is 9.98. The highest BCUT2D eigenvalue weighted by molar-refractivity contribution is 8.14. The molecule has 0 unspecified atom stereocenters. The average molecular weight is 346 g/mol. The number of hydrogen-bond acceptors (Lipinski definition) is 7. The molecule has 0 amide bonds. The van der Waals surface area contributed by atoms with Crippen LogP contribution < -0.4 is 19.6 Å². The first-order valence-electron chi connectivity index (χ1n) is 7.26. The van der Waals surface area contributed by atoms with E-state index in [1.165, 1.54) is 11.8 Å². The molecule has 6 nitrogen and oxygen atoms in total. The zero-order chi connectivity index (χ0) is 17.1. The number of rotatable bonds is 5. The summed E-state index contributed by atoms with van der Waals surface area (Å²) in [6.07, 6.45) is 0. The Balaban J connectivity index is 1.88. The van der Waals surface area contributed by atoms with Crippen LogP contribution in [0.3, 0.4) is 0 Å². The number of nitrogens with one attached hydrogen (secondary N) is 1. The van der Waals surface area contributed by atoms with Crippen molar-refractivity contribution in [1.82, 2.24) is 5.43 Å². The Hall–Kier alpha value is -2.54. The van der Waals surface area contributed by atoms with Gasteiger partial charge in [0.15, 0.2) is 11.5 Å². The molecule has 2 aromatic carbocycles. The average Bonchev–Trinajstić information content (AvgIpc) is 3.10. The van der Waals surface area contributed by atoms with Gasteiger partial charge in [0.25, 0.3) is 0 Å². The number of benzene rings is 2. The van der Waals surface area contributed by atoms with Gasteiger partial charge in [-0.15, -0.1) is 0 Å². The highest BCUT2D eigenvalue weighted by Crippen LogP contribution is 2.43. The molecule has 1 aliphatic rings. The molecule has 1 atom stereocenters. The van der Waals surface area contributed by atoms with E-state index in [2.05, 4.69) is 10.5 Å². The number of ether oxygens (including phenoxy) is 3. The van der Waals surface area contributed by atoms with Crippen molar-refractivity contribution in [3.63, 3.8) is 0 Å². The van der Waals surface area contributed by atoms with Gasteiger partial charge in [-0.2, -0.15) is 5.10 Å². The van der Waals surface area contributed by atoms with Crippen LogP contribution in [0.2, 0.25) is 0 Å². The van der Waals surface area contributed by atoms with Crippen LogP contribution in [0.5, 0.6) is 23.0 Å². The molecule has 0 saturated heterocycles. The van der Waals surface area contributed by atoms with Crippen LogP contribution in [-0.2, 0) is 0 Å². The van der Waals surface area contributed by atoms with E-state index < -0.39 is 0 Å². The standard InChI is InChI=1S/C17H18N2O4S/c1-21-13-8-10(9-14(22-2)15(13)23-3)16-18-19-17(24-16)11-6-4-5-7-12(11)20/h4-9,16,18,20H,1-3H3/t16-/m1/s1. The highest BCUT2D eigenvalue weighted by Gasteiger charge is 2.26. The zero-order valence-electron chi connectivity index (χ0n) is 13.6. The predicted octanol–water partition coefficient (Wildman–Crippen LogP) is 3.11. The fourth-order valence-electron chi connectivity index (χ4n) is 2.46. The molecule has 0 saturated carbocycles. The van der Waals surface area contributed by atoms with E-state index in [0.717, 1.165) is 10.6 Å². The van der Waals surface area contributed by atoms with E-state index in [1.54, 1.807) is 33.5 Å². The molecule has 0 spiro atoms. The lowest BCUT2D eigenvalue weighted by Crippen LogP contribution is -2.07. The lowest BCUT2D eigenvalue weighted by Gasteiger charge is -2.16. The molecule has 0 bridgehead atoms. The molecule has 24 heavy (non-hydrogen) atoms. The quantitative estimate of drug-likeness (QED) is 0.867. The second kappa shape index (κ2) is 6.92. The summed E-state index contributed by atoms with van der Waals surface area (Å²) in [5.41, 5.74) is 4.71. The number of methoxy groups -OCH3 is 3. The Labute approximate surface area is 144 Å². The molecule has 2 N–H and O–H groups in total. The maximum absolute atomic E-state index is 9.98. The van der Waals surface area contributed by atoms with Crippen LogP contribution in [0.15, 0.2) is 41.5 Å². The smallest absolute Gasteiger partial charge is 0.203 e. The van der Waals surface area contributed by atoms with Gasteiger partial charge in [-0.25, -0.2) is 0 Å². The van der Waals surface area contributed by atoms with E-state index in [4.69, 9.17) is 14.2 Å². The van der Waals surface area contributed by atoms with Gasteiger partial charge in [-0.1, -0.05) is 23.9 Å². The first-order chi connectivity index (χ1) is 11.7. The van der Waals surface area contributed by atoms with Gasteiger partial charge in [0.05, 0.1) is 26.9 Å². The Morgan fingerprint density at radius 2 is 1.71 bits per heavy atom. The lowest BCUT2D eigenvalue weighted by atomic mass is 10.2. The largest absolute Gasteiger partial charge is 0.507 e. The number of para-hydroxylation sites is 1. The van der Waals surface area contributed by atoms with Crippen molar-refractivity contribution in [2.45, 2.75) is 5.37 Å². The summed E-state index contributed by atoms with van der Waals surface area (Å²) in [6, 6.07) is 10.9. The molecule has 1 heterocycles. The molecule has 7 heteroatoms. The molecule has 0 fully saturated rings. The minimum atomic E-state index is -0.117. The topological polar surface area (TPSA) is 72.3 Å². The monoisotopic (exact) mass is 346 g/mol. The van der Waals surface area contributed by atoms with Crippen molar-refractivity contribution in [1.29, 1.82) is 0 Å². The van der Waals surface area contributed by atoms with E-state index in [9.17, 15) is 5.11 Å². The third kappa shape index (κ3) is 2.94. The molecule has 1 aliphatic heterocycles. The zero-order valence-corrected chi connectivity index (χ0v) is 14.4. The van der Waals surface area contributed by atoms with Gasteiger partial charge in [0.1, 0.15) is 16.2 Å². The van der Waals surface area contributed by atoms with Gasteiger partial charge in [0, 0.05) is 0 Å². The van der Waals surface area contributed by atoms with Crippen molar-refractivity contribution in [2.75, 3.05) is 21.3 Å². The SMILES string of the molecule is COc1cc([C@@H]2NN=C(c3ccccc3O)S2)cc(OC)c1OC. The van der Waals surface area contributed by atoms with Crippen LogP contribution >= 0.6 is 11.8 Å². The summed E-state index contributed by atoms with van der Waals surface area (Å²) < 4.78 is 16.1. The number of hydrogen-bond donors (Lipinski definition) is 2. The first-order valence-corrected chi connectivity index (χ1v) is 8.14. The van der Waals surface area contributed by atoms with Crippen molar-refractivity contribution in [3.8, 4) is 23.0 Å². The van der Waals surface area contributed by atoms with Crippen molar-refractivity contribution < 1.29 is 19.3 Å². The molecule has 2 aromatic rings. The second-order valence-corrected chi connectivity index (χ2v) is 6.11. The van der Waals surface area contributed by atoms with E-state index >= 15 is 0 Å². The number of phenols is 1. The van der Waals surface area contributed by atoms with Crippen molar-refractivity contribution >= 4 is 16.8 Å². The number of nitrogens with zero attached hydrogens (tertiary/aromatic N) is 1. The van der Waals surface area contributed by atoms with Crippen molar-refractivity contribution in [2.24, 2.45) is 5.10 Å². The lowest BCUT2D eigenvalue weighted by molar-refractivity contribution is 0.323. The van der Waals surface area contributed by atoms with Crippen LogP contribution in [0.25, 0.3) is 0 Å². The second-order valence-electron chi connectivity index (χ2n) is 5.02. The molecule has 0 radical (unpaired) electrons. The Morgan fingerprint density at radius 1 is 1.04 bits per heavy atom. The Kier molecular flexibility index (Phi) is 4.71. The van der Waals surface area contributed by atoms with Crippen LogP contribution in [0.4, 0.5) is 0 Å². The predicted molar refractivity (Wildman–Crippen MR) is 94.2 cm³/mol. The Bertz CT molecular complexity index is 754. The fraction of sp³-hybridized carbons (Fsp3) is 0.235. The molecule has 126 valence electrons. The third-order valence-electron chi connectivity index (χ3n) is 3.64. The summed E-state index contributed by atoms with van der Waals surface area (Å²) in [5.74, 6) is 1.93. The molecule has 0 aromatic heterocycles. The van der Waals surface area contributed by atoms with Crippen LogP contribution in [-0.4, -0.2) is 31.5 Å². The van der Waals surface area contributed by atoms with Gasteiger partial charge in [-0.05, 0) is 29.8 Å². The number of hydrazone groups is 1. The van der Waals surface area contributed by atoms with Crippen LogP contribution in [0, 0.1) is 0 Å². The normalized spacial score (nSPS) is 16.3. The van der Waals surface area contributed by atoms with E-state index in [-0.39, 0.29) is 11.1 Å². The van der Waals surface area contributed by atoms with Gasteiger partial charge >= 0.3 is 0 Å². The molecule has 3 rings (SSSR count). The van der Waals surface area contributed by atoms with E-state index in [0.29, 0.717) is 22.8 Å². The summed E-state index contributed by atoms with van der Waals surface area (Å²) in [4.78, 5) is 0. The summed E-state index contributed by atoms with van der Waals surface area (Å²) in [6.45, 7) is 0.